The molecule has 0 radical (unpaired) electrons. The van der Waals surface area contributed by atoms with E-state index in [-0.39, 0.29) is 0 Å². The molecule has 0 spiro atoms. The number of hydrogen-bond acceptors (Lipinski definition) is 1. The fraction of sp³-hybridized carbons (Fsp3) is 0.600. The molecule has 0 aliphatic heterocycles. The molecule has 0 N–H and O–H groups in total. The van der Waals surface area contributed by atoms with Gasteiger partial charge >= 0.3 is 0 Å². The first-order chi connectivity index (χ1) is 5.13. The molecule has 0 heterocycles. The second-order valence-corrected chi connectivity index (χ2v) is 3.56. The maximum Gasteiger partial charge on any atom is 0.0201 e. The minimum Gasteiger partial charge on any atom is -0.380 e. The van der Waals surface area contributed by atoms with Crippen molar-refractivity contribution in [1.82, 2.24) is 4.90 Å². The zero-order valence-electron chi connectivity index (χ0n) is 7.89. The molecule has 1 heteroatoms. The smallest absolute Gasteiger partial charge is 0.0201 e. The van der Waals surface area contributed by atoms with Crippen LogP contribution in [-0.4, -0.2) is 19.0 Å². The van der Waals surface area contributed by atoms with E-state index in [0.717, 1.165) is 6.42 Å². The third kappa shape index (κ3) is 1.65. The van der Waals surface area contributed by atoms with Crippen LogP contribution in [0.4, 0.5) is 0 Å². The zero-order chi connectivity index (χ0) is 8.43. The molecule has 0 aromatic carbocycles. The van der Waals surface area contributed by atoms with Crippen LogP contribution in [0, 0.1) is 5.92 Å². The quantitative estimate of drug-likeness (QED) is 0.586. The van der Waals surface area contributed by atoms with Gasteiger partial charge in [0.25, 0.3) is 0 Å². The van der Waals surface area contributed by atoms with Crippen molar-refractivity contribution in [3.63, 3.8) is 0 Å². The molecule has 1 nitrogen and oxygen atoms in total. The Labute approximate surface area is 69.4 Å². The number of allylic oxidation sites excluding steroid dienone is 3. The van der Waals surface area contributed by atoms with Crippen molar-refractivity contribution in [1.29, 1.82) is 0 Å². The number of nitrogens with zero attached hydrogens (tertiary/aromatic N) is 1. The molecule has 0 aromatic heterocycles. The Morgan fingerprint density at radius 3 is 2.36 bits per heavy atom. The highest BCUT2D eigenvalue weighted by Crippen LogP contribution is 2.26. The van der Waals surface area contributed by atoms with E-state index in [1.54, 1.807) is 0 Å². The fourth-order valence-corrected chi connectivity index (χ4v) is 1.48. The van der Waals surface area contributed by atoms with Gasteiger partial charge in [0, 0.05) is 26.2 Å². The second-order valence-electron chi connectivity index (χ2n) is 3.56. The van der Waals surface area contributed by atoms with Gasteiger partial charge in [-0.1, -0.05) is 26.0 Å². The Kier molecular flexibility index (Phi) is 2.38. The van der Waals surface area contributed by atoms with Gasteiger partial charge in [0.2, 0.25) is 0 Å². The molecule has 0 saturated heterocycles. The molecule has 0 saturated carbocycles. The molecular weight excluding hydrogens is 134 g/mol. The van der Waals surface area contributed by atoms with Crippen molar-refractivity contribution >= 4 is 0 Å². The Hall–Kier alpha value is -0.720. The molecule has 0 aromatic rings. The molecule has 0 unspecified atom stereocenters. The van der Waals surface area contributed by atoms with Gasteiger partial charge < -0.3 is 4.90 Å². The zero-order valence-corrected chi connectivity index (χ0v) is 7.89. The minimum atomic E-state index is 0.658. The van der Waals surface area contributed by atoms with E-state index < -0.39 is 0 Å². The Morgan fingerprint density at radius 2 is 2.00 bits per heavy atom. The molecule has 11 heavy (non-hydrogen) atoms. The predicted octanol–water partition coefficient (Wildman–Crippen LogP) is 2.42. The molecule has 0 atom stereocenters. The van der Waals surface area contributed by atoms with E-state index in [2.05, 4.69) is 45.0 Å². The first kappa shape index (κ1) is 8.38. The van der Waals surface area contributed by atoms with Crippen LogP contribution < -0.4 is 0 Å². The van der Waals surface area contributed by atoms with Crippen LogP contribution in [0.3, 0.4) is 0 Å². The highest BCUT2D eigenvalue weighted by atomic mass is 15.1. The van der Waals surface area contributed by atoms with Crippen molar-refractivity contribution in [3.8, 4) is 0 Å². The van der Waals surface area contributed by atoms with Gasteiger partial charge in [-0.15, -0.1) is 0 Å². The summed E-state index contributed by atoms with van der Waals surface area (Å²) in [6.07, 6.45) is 5.60. The summed E-state index contributed by atoms with van der Waals surface area (Å²) in [4.78, 5) is 2.22. The lowest BCUT2D eigenvalue weighted by atomic mass is 10.0. The van der Waals surface area contributed by atoms with Crippen LogP contribution in [0.2, 0.25) is 0 Å². The molecule has 0 bridgehead atoms. The molecule has 0 fully saturated rings. The van der Waals surface area contributed by atoms with Crippen LogP contribution in [0.25, 0.3) is 0 Å². The van der Waals surface area contributed by atoms with Crippen LogP contribution in [-0.2, 0) is 0 Å². The average Bonchev–Trinajstić information content (AvgIpc) is 2.32. The van der Waals surface area contributed by atoms with E-state index >= 15 is 0 Å². The highest BCUT2D eigenvalue weighted by Gasteiger charge is 2.12. The molecule has 62 valence electrons. The van der Waals surface area contributed by atoms with E-state index in [0.29, 0.717) is 5.92 Å². The second kappa shape index (κ2) is 3.12. The van der Waals surface area contributed by atoms with Gasteiger partial charge in [-0.05, 0) is 11.5 Å². The van der Waals surface area contributed by atoms with Crippen molar-refractivity contribution in [3.05, 3.63) is 23.4 Å². The third-order valence-corrected chi connectivity index (χ3v) is 2.10. The highest BCUT2D eigenvalue weighted by molar-refractivity contribution is 5.34. The van der Waals surface area contributed by atoms with Crippen molar-refractivity contribution in [2.75, 3.05) is 14.1 Å². The summed E-state index contributed by atoms with van der Waals surface area (Å²) in [5, 5.41) is 0. The molecular formula is C10H17N. The molecule has 1 rings (SSSR count). The van der Waals surface area contributed by atoms with Crippen molar-refractivity contribution < 1.29 is 0 Å². The Balaban J connectivity index is 2.84. The Bertz CT molecular complexity index is 197. The average molecular weight is 151 g/mol. The first-order valence-electron chi connectivity index (χ1n) is 4.20. The number of rotatable bonds is 2. The van der Waals surface area contributed by atoms with Gasteiger partial charge in [0.05, 0.1) is 0 Å². The van der Waals surface area contributed by atoms with Crippen molar-refractivity contribution in [2.45, 2.75) is 20.3 Å². The monoisotopic (exact) mass is 151 g/mol. The first-order valence-corrected chi connectivity index (χ1v) is 4.20. The van der Waals surface area contributed by atoms with Crippen LogP contribution in [0.5, 0.6) is 0 Å². The summed E-state index contributed by atoms with van der Waals surface area (Å²) in [7, 11) is 4.23. The lowest BCUT2D eigenvalue weighted by Gasteiger charge is -2.18. The minimum absolute atomic E-state index is 0.658. The van der Waals surface area contributed by atoms with Crippen LogP contribution in [0.1, 0.15) is 20.3 Å². The largest absolute Gasteiger partial charge is 0.380 e. The van der Waals surface area contributed by atoms with E-state index in [1.807, 2.05) is 0 Å². The maximum absolute atomic E-state index is 2.25. The van der Waals surface area contributed by atoms with E-state index in [4.69, 9.17) is 0 Å². The SMILES string of the molecule is CC(C)C1=C(N(C)C)CC=C1. The summed E-state index contributed by atoms with van der Waals surface area (Å²) in [6, 6.07) is 0. The van der Waals surface area contributed by atoms with Crippen LogP contribution >= 0.6 is 0 Å². The van der Waals surface area contributed by atoms with Gasteiger partial charge in [-0.2, -0.15) is 0 Å². The summed E-state index contributed by atoms with van der Waals surface area (Å²) in [6.45, 7) is 4.49. The van der Waals surface area contributed by atoms with Gasteiger partial charge in [0.15, 0.2) is 0 Å². The topological polar surface area (TPSA) is 3.24 Å². The van der Waals surface area contributed by atoms with Crippen molar-refractivity contribution in [2.24, 2.45) is 5.92 Å². The normalized spacial score (nSPS) is 16.8. The molecule has 1 aliphatic rings. The molecule has 0 amide bonds. The fourth-order valence-electron chi connectivity index (χ4n) is 1.48. The third-order valence-electron chi connectivity index (χ3n) is 2.10. The Morgan fingerprint density at radius 1 is 1.36 bits per heavy atom. The maximum atomic E-state index is 2.25. The van der Waals surface area contributed by atoms with Crippen LogP contribution in [0.15, 0.2) is 23.4 Å². The lowest BCUT2D eigenvalue weighted by molar-refractivity contribution is 0.491. The van der Waals surface area contributed by atoms with E-state index in [1.165, 1.54) is 11.3 Å². The summed E-state index contributed by atoms with van der Waals surface area (Å²) in [5.74, 6) is 0.658. The lowest BCUT2D eigenvalue weighted by Crippen LogP contribution is -2.12. The van der Waals surface area contributed by atoms with Gasteiger partial charge in [-0.25, -0.2) is 0 Å². The predicted molar refractivity (Wildman–Crippen MR) is 49.3 cm³/mol. The molecule has 1 aliphatic carbocycles. The van der Waals surface area contributed by atoms with Gasteiger partial charge in [0.1, 0.15) is 0 Å². The summed E-state index contributed by atoms with van der Waals surface area (Å²) < 4.78 is 0. The number of hydrogen-bond donors (Lipinski definition) is 0. The van der Waals surface area contributed by atoms with E-state index in [9.17, 15) is 0 Å². The summed E-state index contributed by atoms with van der Waals surface area (Å²) >= 11 is 0. The van der Waals surface area contributed by atoms with Gasteiger partial charge in [-0.3, -0.25) is 0 Å². The summed E-state index contributed by atoms with van der Waals surface area (Å²) in [5.41, 5.74) is 2.97. The standard InChI is InChI=1S/C10H17N/c1-8(2)9-6-5-7-10(9)11(3)4/h5-6,8H,7H2,1-4H3.